The fraction of sp³-hybridized carbons (Fsp3) is 0.909. The second-order valence-electron chi connectivity index (χ2n) is 4.86. The Labute approximate surface area is 103 Å². The Kier molecular flexibility index (Phi) is 5.02. The topological polar surface area (TPSA) is 61.4 Å². The van der Waals surface area contributed by atoms with Gasteiger partial charge in [-0.3, -0.25) is 4.79 Å². The van der Waals surface area contributed by atoms with Crippen LogP contribution in [0.1, 0.15) is 19.8 Å². The lowest BCUT2D eigenvalue weighted by molar-refractivity contribution is -0.125. The second kappa shape index (κ2) is 5.84. The number of carbonyl (C=O) groups is 1. The van der Waals surface area contributed by atoms with Gasteiger partial charge in [-0.1, -0.05) is 6.92 Å². The molecule has 3 unspecified atom stereocenters. The van der Waals surface area contributed by atoms with Crippen LogP contribution in [0.15, 0.2) is 0 Å². The standard InChI is InChI=1S/C11H20N2O2.ClH/c1-7(8-2-3-8)11(15)13-5-9-4-12-6-10(9)14;/h7-10,12,14H,2-6H2,1H3,(H,13,15);1H. The number of nitrogens with one attached hydrogen (secondary N) is 2. The van der Waals surface area contributed by atoms with E-state index in [1.54, 1.807) is 0 Å². The van der Waals surface area contributed by atoms with Crippen molar-refractivity contribution in [2.24, 2.45) is 17.8 Å². The van der Waals surface area contributed by atoms with E-state index in [1.165, 1.54) is 12.8 Å². The predicted octanol–water partition coefficient (Wildman–Crippen LogP) is 0.151. The highest BCUT2D eigenvalue weighted by Crippen LogP contribution is 2.36. The summed E-state index contributed by atoms with van der Waals surface area (Å²) in [5.74, 6) is 1.09. The van der Waals surface area contributed by atoms with Crippen molar-refractivity contribution in [3.8, 4) is 0 Å². The number of aliphatic hydroxyl groups excluding tert-OH is 1. The van der Waals surface area contributed by atoms with E-state index in [2.05, 4.69) is 10.6 Å². The van der Waals surface area contributed by atoms with E-state index in [1.807, 2.05) is 6.92 Å². The molecule has 2 fully saturated rings. The Balaban J connectivity index is 0.00000128. The molecule has 94 valence electrons. The average molecular weight is 249 g/mol. The average Bonchev–Trinajstić information content (AvgIpc) is 2.99. The van der Waals surface area contributed by atoms with Gasteiger partial charge in [-0.25, -0.2) is 0 Å². The molecule has 4 nitrogen and oxygen atoms in total. The largest absolute Gasteiger partial charge is 0.391 e. The molecule has 0 spiro atoms. The van der Waals surface area contributed by atoms with E-state index in [-0.39, 0.29) is 36.3 Å². The van der Waals surface area contributed by atoms with Gasteiger partial charge >= 0.3 is 0 Å². The highest BCUT2D eigenvalue weighted by molar-refractivity contribution is 5.85. The van der Waals surface area contributed by atoms with Gasteiger partial charge in [0.15, 0.2) is 0 Å². The van der Waals surface area contributed by atoms with Crippen LogP contribution in [0.25, 0.3) is 0 Å². The third kappa shape index (κ3) is 3.34. The Hall–Kier alpha value is -0.320. The maximum absolute atomic E-state index is 11.7. The number of carbonyl (C=O) groups excluding carboxylic acids is 1. The summed E-state index contributed by atoms with van der Waals surface area (Å²) in [7, 11) is 0. The first-order valence-electron chi connectivity index (χ1n) is 5.85. The van der Waals surface area contributed by atoms with Crippen molar-refractivity contribution >= 4 is 18.3 Å². The SMILES string of the molecule is CC(C(=O)NCC1CNCC1O)C1CC1.Cl. The van der Waals surface area contributed by atoms with Gasteiger partial charge in [0.25, 0.3) is 0 Å². The summed E-state index contributed by atoms with van der Waals surface area (Å²) < 4.78 is 0. The molecule has 0 bridgehead atoms. The summed E-state index contributed by atoms with van der Waals surface area (Å²) in [6, 6.07) is 0. The summed E-state index contributed by atoms with van der Waals surface area (Å²) in [4.78, 5) is 11.7. The molecular formula is C11H21ClN2O2. The summed E-state index contributed by atoms with van der Waals surface area (Å²) >= 11 is 0. The molecule has 3 atom stereocenters. The zero-order valence-corrected chi connectivity index (χ0v) is 10.4. The van der Waals surface area contributed by atoms with Crippen LogP contribution >= 0.6 is 12.4 Å². The maximum atomic E-state index is 11.7. The van der Waals surface area contributed by atoms with Crippen LogP contribution in [0.2, 0.25) is 0 Å². The van der Waals surface area contributed by atoms with Crippen LogP contribution in [-0.2, 0) is 4.79 Å². The lowest BCUT2D eigenvalue weighted by Crippen LogP contribution is -2.37. The molecule has 0 aromatic carbocycles. The summed E-state index contributed by atoms with van der Waals surface area (Å²) in [5.41, 5.74) is 0. The molecule has 2 rings (SSSR count). The molecular weight excluding hydrogens is 228 g/mol. The van der Waals surface area contributed by atoms with E-state index >= 15 is 0 Å². The van der Waals surface area contributed by atoms with Crippen molar-refractivity contribution in [3.63, 3.8) is 0 Å². The summed E-state index contributed by atoms with van der Waals surface area (Å²) in [6.07, 6.45) is 2.09. The van der Waals surface area contributed by atoms with Crippen molar-refractivity contribution in [2.45, 2.75) is 25.9 Å². The predicted molar refractivity (Wildman–Crippen MR) is 64.5 cm³/mol. The number of aliphatic hydroxyl groups is 1. The monoisotopic (exact) mass is 248 g/mol. The Morgan fingerprint density at radius 2 is 2.19 bits per heavy atom. The van der Waals surface area contributed by atoms with Crippen LogP contribution in [0.5, 0.6) is 0 Å². The second-order valence-corrected chi connectivity index (χ2v) is 4.86. The van der Waals surface area contributed by atoms with E-state index in [9.17, 15) is 9.90 Å². The molecule has 3 N–H and O–H groups in total. The smallest absolute Gasteiger partial charge is 0.223 e. The number of hydrogen-bond acceptors (Lipinski definition) is 3. The van der Waals surface area contributed by atoms with Crippen LogP contribution in [0.4, 0.5) is 0 Å². The molecule has 2 aliphatic rings. The first-order chi connectivity index (χ1) is 7.18. The lowest BCUT2D eigenvalue weighted by Gasteiger charge is -2.16. The Morgan fingerprint density at radius 1 is 1.50 bits per heavy atom. The van der Waals surface area contributed by atoms with Gasteiger partial charge in [-0.15, -0.1) is 12.4 Å². The molecule has 0 aromatic heterocycles. The fourth-order valence-electron chi connectivity index (χ4n) is 2.13. The number of hydrogen-bond donors (Lipinski definition) is 3. The van der Waals surface area contributed by atoms with E-state index in [0.717, 1.165) is 6.54 Å². The third-order valence-electron chi connectivity index (χ3n) is 3.59. The quantitative estimate of drug-likeness (QED) is 0.664. The van der Waals surface area contributed by atoms with Gasteiger partial charge in [0.05, 0.1) is 6.10 Å². The van der Waals surface area contributed by atoms with E-state index < -0.39 is 0 Å². The zero-order chi connectivity index (χ0) is 10.8. The minimum absolute atomic E-state index is 0. The van der Waals surface area contributed by atoms with E-state index in [4.69, 9.17) is 0 Å². The van der Waals surface area contributed by atoms with Crippen LogP contribution in [-0.4, -0.2) is 36.8 Å². The van der Waals surface area contributed by atoms with Crippen LogP contribution in [0.3, 0.4) is 0 Å². The van der Waals surface area contributed by atoms with Crippen LogP contribution < -0.4 is 10.6 Å². The first kappa shape index (κ1) is 13.7. The maximum Gasteiger partial charge on any atom is 0.223 e. The molecule has 1 amide bonds. The van der Waals surface area contributed by atoms with Crippen molar-refractivity contribution in [1.82, 2.24) is 10.6 Å². The molecule has 16 heavy (non-hydrogen) atoms. The fourth-order valence-corrected chi connectivity index (χ4v) is 2.13. The Morgan fingerprint density at radius 3 is 2.69 bits per heavy atom. The first-order valence-corrected chi connectivity index (χ1v) is 5.85. The summed E-state index contributed by atoms with van der Waals surface area (Å²) in [5, 5.41) is 15.6. The van der Waals surface area contributed by atoms with Crippen LogP contribution in [0, 0.1) is 17.8 Å². The third-order valence-corrected chi connectivity index (χ3v) is 3.59. The van der Waals surface area contributed by atoms with Crippen molar-refractivity contribution in [3.05, 3.63) is 0 Å². The van der Waals surface area contributed by atoms with E-state index in [0.29, 0.717) is 19.0 Å². The molecule has 0 aromatic rings. The molecule has 1 saturated heterocycles. The normalized spacial score (nSPS) is 30.6. The molecule has 1 aliphatic heterocycles. The van der Waals surface area contributed by atoms with Crippen molar-refractivity contribution in [2.75, 3.05) is 19.6 Å². The number of rotatable bonds is 4. The van der Waals surface area contributed by atoms with Gasteiger partial charge in [0, 0.05) is 31.5 Å². The minimum Gasteiger partial charge on any atom is -0.391 e. The zero-order valence-electron chi connectivity index (χ0n) is 9.61. The minimum atomic E-state index is -0.304. The van der Waals surface area contributed by atoms with Gasteiger partial charge in [0.2, 0.25) is 5.91 Å². The molecule has 1 aliphatic carbocycles. The molecule has 1 saturated carbocycles. The molecule has 1 heterocycles. The van der Waals surface area contributed by atoms with Crippen molar-refractivity contribution in [1.29, 1.82) is 0 Å². The number of halogens is 1. The molecule has 0 radical (unpaired) electrons. The highest BCUT2D eigenvalue weighted by atomic mass is 35.5. The molecule has 5 heteroatoms. The van der Waals surface area contributed by atoms with Gasteiger partial charge in [-0.2, -0.15) is 0 Å². The highest BCUT2D eigenvalue weighted by Gasteiger charge is 2.33. The summed E-state index contributed by atoms with van der Waals surface area (Å²) in [6.45, 7) is 4.05. The number of β-amino-alcohol motifs (C(OH)–C–C–N with tert-alkyl or cyclic N) is 1. The van der Waals surface area contributed by atoms with Gasteiger partial charge < -0.3 is 15.7 Å². The van der Waals surface area contributed by atoms with Gasteiger partial charge in [0.1, 0.15) is 0 Å². The van der Waals surface area contributed by atoms with Crippen molar-refractivity contribution < 1.29 is 9.90 Å². The Bertz CT molecular complexity index is 246. The number of amides is 1. The van der Waals surface area contributed by atoms with Gasteiger partial charge in [-0.05, 0) is 18.8 Å². The lowest BCUT2D eigenvalue weighted by atomic mass is 10.0.